The smallest absolute Gasteiger partial charge is 0.329 e. The van der Waals surface area contributed by atoms with Crippen molar-refractivity contribution in [3.63, 3.8) is 0 Å². The van der Waals surface area contributed by atoms with E-state index in [1.165, 1.54) is 12.3 Å². The number of benzene rings is 1. The first-order chi connectivity index (χ1) is 13.4. The molecule has 146 valence electrons. The van der Waals surface area contributed by atoms with Gasteiger partial charge < -0.3 is 18.9 Å². The minimum atomic E-state index is -0.851. The number of halogens is 1. The third kappa shape index (κ3) is 4.77. The topological polar surface area (TPSA) is 107 Å². The van der Waals surface area contributed by atoms with Crippen LogP contribution < -0.4 is 5.32 Å². The second kappa shape index (κ2) is 8.71. The Labute approximate surface area is 165 Å². The van der Waals surface area contributed by atoms with Crippen LogP contribution in [0.5, 0.6) is 0 Å². The average molecular weight is 404 g/mol. The Balaban J connectivity index is 1.60. The maximum atomic E-state index is 12.4. The Bertz CT molecular complexity index is 935. The number of carbonyl (C=O) groups excluding carboxylic acids is 2. The lowest BCUT2D eigenvalue weighted by Gasteiger charge is -2.19. The molecule has 3 aromatic rings. The zero-order valence-corrected chi connectivity index (χ0v) is 16.0. The fraction of sp³-hybridized carbons (Fsp3) is 0.263. The van der Waals surface area contributed by atoms with E-state index in [1.54, 1.807) is 44.2 Å². The van der Waals surface area contributed by atoms with Crippen molar-refractivity contribution in [1.82, 2.24) is 15.5 Å². The molecule has 0 fully saturated rings. The van der Waals surface area contributed by atoms with Crippen molar-refractivity contribution in [1.29, 1.82) is 0 Å². The molecule has 8 nitrogen and oxygen atoms in total. The first-order valence-electron chi connectivity index (χ1n) is 8.53. The summed E-state index contributed by atoms with van der Waals surface area (Å²) in [4.78, 5) is 24.5. The minimum Gasteiger partial charge on any atom is -0.459 e. The molecule has 0 aliphatic carbocycles. The van der Waals surface area contributed by atoms with Crippen LogP contribution in [0.4, 0.5) is 0 Å². The maximum absolute atomic E-state index is 12.4. The Morgan fingerprint density at radius 2 is 1.93 bits per heavy atom. The summed E-state index contributed by atoms with van der Waals surface area (Å²) in [5.74, 6) is -0.765. The number of aromatic nitrogens is 2. The molecule has 0 aliphatic heterocycles. The summed E-state index contributed by atoms with van der Waals surface area (Å²) in [6, 6.07) is 9.14. The van der Waals surface area contributed by atoms with E-state index in [9.17, 15) is 9.59 Å². The highest BCUT2D eigenvalue weighted by atomic mass is 35.5. The van der Waals surface area contributed by atoms with E-state index in [2.05, 4.69) is 15.5 Å². The highest BCUT2D eigenvalue weighted by Crippen LogP contribution is 2.20. The molecule has 9 heteroatoms. The molecule has 0 radical (unpaired) electrons. The average Bonchev–Trinajstić information content (AvgIpc) is 3.36. The summed E-state index contributed by atoms with van der Waals surface area (Å²) in [6.45, 7) is 3.37. The molecular formula is C19H18ClN3O5. The lowest BCUT2D eigenvalue weighted by molar-refractivity contribution is -0.149. The summed E-state index contributed by atoms with van der Waals surface area (Å²) in [6.07, 6.45) is 1.38. The quantitative estimate of drug-likeness (QED) is 0.601. The van der Waals surface area contributed by atoms with Gasteiger partial charge in [0.25, 0.3) is 11.8 Å². The van der Waals surface area contributed by atoms with Gasteiger partial charge in [0.05, 0.1) is 6.26 Å². The van der Waals surface area contributed by atoms with Gasteiger partial charge in [-0.25, -0.2) is 4.79 Å². The molecule has 0 aliphatic rings. The normalized spacial score (nSPS) is 12.0. The molecule has 2 heterocycles. The number of rotatable bonds is 7. The molecule has 1 aromatic carbocycles. The lowest BCUT2D eigenvalue weighted by atomic mass is 10.0. The molecule has 3 rings (SSSR count). The number of amides is 1. The number of nitrogens with one attached hydrogen (secondary N) is 1. The van der Waals surface area contributed by atoms with E-state index >= 15 is 0 Å². The van der Waals surface area contributed by atoms with Gasteiger partial charge in [-0.1, -0.05) is 25.4 Å². The summed E-state index contributed by atoms with van der Waals surface area (Å²) in [5.41, 5.74) is 0.695. The monoisotopic (exact) mass is 403 g/mol. The standard InChI is InChI=1S/C19H18ClN3O5/c1-11(2)16(21-17(24)14-4-3-9-26-14)19(25)27-10-15-22-23-18(28-15)12-5-7-13(20)8-6-12/h3-9,11,16H,10H2,1-2H3,(H,21,24)/t16-/m0/s1. The van der Waals surface area contributed by atoms with Crippen LogP contribution in [0.3, 0.4) is 0 Å². The van der Waals surface area contributed by atoms with E-state index in [-0.39, 0.29) is 30.1 Å². The van der Waals surface area contributed by atoms with Gasteiger partial charge in [-0.2, -0.15) is 0 Å². The van der Waals surface area contributed by atoms with Crippen molar-refractivity contribution < 1.29 is 23.2 Å². The number of furan rings is 1. The van der Waals surface area contributed by atoms with E-state index in [0.717, 1.165) is 0 Å². The first kappa shape index (κ1) is 19.6. The Hall–Kier alpha value is -3.13. The molecule has 2 aromatic heterocycles. The summed E-state index contributed by atoms with van der Waals surface area (Å²) in [5, 5.41) is 11.0. The lowest BCUT2D eigenvalue weighted by Crippen LogP contribution is -2.45. The summed E-state index contributed by atoms with van der Waals surface area (Å²) >= 11 is 5.85. The molecule has 0 spiro atoms. The number of ether oxygens (including phenoxy) is 1. The van der Waals surface area contributed by atoms with Crippen molar-refractivity contribution >= 4 is 23.5 Å². The van der Waals surface area contributed by atoms with Crippen LogP contribution in [0.1, 0.15) is 30.3 Å². The zero-order chi connectivity index (χ0) is 20.1. The van der Waals surface area contributed by atoms with Crippen molar-refractivity contribution in [2.24, 2.45) is 5.92 Å². The SMILES string of the molecule is CC(C)[C@H](NC(=O)c1ccco1)C(=O)OCc1nnc(-c2ccc(Cl)cc2)o1. The molecule has 0 saturated carbocycles. The number of hydrogen-bond acceptors (Lipinski definition) is 7. The van der Waals surface area contributed by atoms with Crippen molar-refractivity contribution in [2.75, 3.05) is 0 Å². The van der Waals surface area contributed by atoms with Gasteiger partial charge in [-0.3, -0.25) is 4.79 Å². The zero-order valence-electron chi connectivity index (χ0n) is 15.2. The molecule has 28 heavy (non-hydrogen) atoms. The number of nitrogens with zero attached hydrogens (tertiary/aromatic N) is 2. The van der Waals surface area contributed by atoms with Gasteiger partial charge in [0.15, 0.2) is 12.4 Å². The van der Waals surface area contributed by atoms with Gasteiger partial charge in [-0.05, 0) is 42.3 Å². The molecule has 0 unspecified atom stereocenters. The maximum Gasteiger partial charge on any atom is 0.329 e. The predicted molar refractivity (Wildman–Crippen MR) is 99.3 cm³/mol. The van der Waals surface area contributed by atoms with Gasteiger partial charge in [-0.15, -0.1) is 10.2 Å². The third-order valence-corrected chi connectivity index (χ3v) is 4.10. The number of carbonyl (C=O) groups is 2. The van der Waals surface area contributed by atoms with Gasteiger partial charge in [0.2, 0.25) is 5.89 Å². The van der Waals surface area contributed by atoms with Crippen LogP contribution in [0.2, 0.25) is 5.02 Å². The van der Waals surface area contributed by atoms with Crippen LogP contribution in [0, 0.1) is 5.92 Å². The van der Waals surface area contributed by atoms with E-state index in [1.807, 2.05) is 0 Å². The first-order valence-corrected chi connectivity index (χ1v) is 8.91. The van der Waals surface area contributed by atoms with E-state index in [0.29, 0.717) is 10.6 Å². The highest BCUT2D eigenvalue weighted by molar-refractivity contribution is 6.30. The van der Waals surface area contributed by atoms with E-state index < -0.39 is 17.9 Å². The number of hydrogen-bond donors (Lipinski definition) is 1. The Morgan fingerprint density at radius 3 is 2.57 bits per heavy atom. The second-order valence-electron chi connectivity index (χ2n) is 6.29. The largest absolute Gasteiger partial charge is 0.459 e. The van der Waals surface area contributed by atoms with E-state index in [4.69, 9.17) is 25.2 Å². The van der Waals surface area contributed by atoms with Crippen LogP contribution in [-0.2, 0) is 16.1 Å². The van der Waals surface area contributed by atoms with Gasteiger partial charge in [0, 0.05) is 10.6 Å². The Morgan fingerprint density at radius 1 is 1.18 bits per heavy atom. The number of esters is 1. The fourth-order valence-electron chi connectivity index (χ4n) is 2.36. The molecule has 1 amide bonds. The van der Waals surface area contributed by atoms with Crippen LogP contribution >= 0.6 is 11.6 Å². The fourth-order valence-corrected chi connectivity index (χ4v) is 2.49. The van der Waals surface area contributed by atoms with Crippen LogP contribution in [-0.4, -0.2) is 28.1 Å². The Kier molecular flexibility index (Phi) is 6.10. The van der Waals surface area contributed by atoms with Crippen molar-refractivity contribution in [3.05, 3.63) is 59.3 Å². The van der Waals surface area contributed by atoms with Crippen LogP contribution in [0.15, 0.2) is 51.5 Å². The highest BCUT2D eigenvalue weighted by Gasteiger charge is 2.27. The van der Waals surface area contributed by atoms with Crippen molar-refractivity contribution in [3.8, 4) is 11.5 Å². The predicted octanol–water partition coefficient (Wildman–Crippen LogP) is 3.48. The minimum absolute atomic E-state index is 0.114. The van der Waals surface area contributed by atoms with Crippen LogP contribution in [0.25, 0.3) is 11.5 Å². The third-order valence-electron chi connectivity index (χ3n) is 3.85. The molecule has 1 atom stereocenters. The van der Waals surface area contributed by atoms with Crippen molar-refractivity contribution in [2.45, 2.75) is 26.5 Å². The second-order valence-corrected chi connectivity index (χ2v) is 6.72. The van der Waals surface area contributed by atoms with Gasteiger partial charge in [0.1, 0.15) is 6.04 Å². The summed E-state index contributed by atoms with van der Waals surface area (Å²) < 4.78 is 15.8. The molecule has 0 saturated heterocycles. The van der Waals surface area contributed by atoms with Gasteiger partial charge >= 0.3 is 5.97 Å². The molecule has 0 bridgehead atoms. The summed E-state index contributed by atoms with van der Waals surface area (Å²) in [7, 11) is 0. The molecule has 1 N–H and O–H groups in total. The molecular weight excluding hydrogens is 386 g/mol.